The maximum Gasteiger partial charge on any atom is 0.264 e. The van der Waals surface area contributed by atoms with Crippen LogP contribution in [0.5, 0.6) is 0 Å². The van der Waals surface area contributed by atoms with Crippen LogP contribution in [-0.2, 0) is 9.05 Å². The number of hydrogen-bond acceptors (Lipinski definition) is 3. The molecule has 0 aliphatic carbocycles. The Labute approximate surface area is 120 Å². The minimum absolute atomic E-state index is 0.343. The van der Waals surface area contributed by atoms with Crippen LogP contribution in [0.2, 0.25) is 0 Å². The van der Waals surface area contributed by atoms with Gasteiger partial charge in [0.25, 0.3) is 15.0 Å². The fraction of sp³-hybridized carbons (Fsp3) is 0.417. The highest BCUT2D eigenvalue weighted by atomic mass is 35.7. The fourth-order valence-electron chi connectivity index (χ4n) is 1.58. The molecule has 4 nitrogen and oxygen atoms in total. The summed E-state index contributed by atoms with van der Waals surface area (Å²) in [6.45, 7) is 2.31. The standard InChI is InChI=1S/C12H14ClF2NO3S/c1-3-4-5-16(2)12(17)8-6-11(20(13,18)19)10(15)7-9(8)14/h6-7H,3-5H2,1-2H3. The van der Waals surface area contributed by atoms with E-state index in [4.69, 9.17) is 10.7 Å². The van der Waals surface area contributed by atoms with Crippen molar-refractivity contribution >= 4 is 25.6 Å². The van der Waals surface area contributed by atoms with Crippen molar-refractivity contribution in [3.8, 4) is 0 Å². The molecule has 1 rings (SSSR count). The summed E-state index contributed by atoms with van der Waals surface area (Å²) in [5, 5.41) is 0. The molecular formula is C12H14ClF2NO3S. The number of nitrogens with zero attached hydrogens (tertiary/aromatic N) is 1. The van der Waals surface area contributed by atoms with Gasteiger partial charge in [-0.25, -0.2) is 17.2 Å². The molecule has 0 spiro atoms. The summed E-state index contributed by atoms with van der Waals surface area (Å²) in [5.74, 6) is -3.18. The van der Waals surface area contributed by atoms with Crippen LogP contribution in [0.1, 0.15) is 30.1 Å². The first-order valence-electron chi connectivity index (χ1n) is 5.87. The molecule has 0 aliphatic rings. The van der Waals surface area contributed by atoms with E-state index in [1.54, 1.807) is 0 Å². The van der Waals surface area contributed by atoms with Gasteiger partial charge in [-0.3, -0.25) is 4.79 Å². The first-order valence-corrected chi connectivity index (χ1v) is 8.18. The SMILES string of the molecule is CCCCN(C)C(=O)c1cc(S(=O)(=O)Cl)c(F)cc1F. The van der Waals surface area contributed by atoms with Crippen LogP contribution in [0.3, 0.4) is 0 Å². The summed E-state index contributed by atoms with van der Waals surface area (Å²) in [4.78, 5) is 12.3. The third kappa shape index (κ3) is 3.89. The van der Waals surface area contributed by atoms with Gasteiger partial charge in [0.15, 0.2) is 0 Å². The van der Waals surface area contributed by atoms with E-state index in [2.05, 4.69) is 0 Å². The molecule has 0 fully saturated rings. The monoisotopic (exact) mass is 325 g/mol. The summed E-state index contributed by atoms with van der Waals surface area (Å²) >= 11 is 0. The van der Waals surface area contributed by atoms with E-state index in [0.717, 1.165) is 6.42 Å². The molecule has 0 heterocycles. The third-order valence-electron chi connectivity index (χ3n) is 2.71. The first kappa shape index (κ1) is 16.8. The molecule has 1 amide bonds. The number of rotatable bonds is 5. The number of unbranched alkanes of at least 4 members (excludes halogenated alkanes) is 1. The lowest BCUT2D eigenvalue weighted by atomic mass is 10.1. The Bertz CT molecular complexity index is 619. The van der Waals surface area contributed by atoms with Crippen molar-refractivity contribution in [2.45, 2.75) is 24.7 Å². The van der Waals surface area contributed by atoms with Crippen LogP contribution in [0.25, 0.3) is 0 Å². The zero-order valence-corrected chi connectivity index (χ0v) is 12.6. The van der Waals surface area contributed by atoms with Gasteiger partial charge in [0.1, 0.15) is 16.5 Å². The predicted octanol–water partition coefficient (Wildman–Crippen LogP) is 2.76. The molecule has 0 saturated heterocycles. The van der Waals surface area contributed by atoms with E-state index in [0.29, 0.717) is 25.1 Å². The molecule has 112 valence electrons. The molecule has 0 saturated carbocycles. The highest BCUT2D eigenvalue weighted by Crippen LogP contribution is 2.23. The van der Waals surface area contributed by atoms with Gasteiger partial charge in [0, 0.05) is 30.3 Å². The number of benzene rings is 1. The number of hydrogen-bond donors (Lipinski definition) is 0. The van der Waals surface area contributed by atoms with Crippen molar-refractivity contribution in [3.63, 3.8) is 0 Å². The van der Waals surface area contributed by atoms with Gasteiger partial charge in [-0.05, 0) is 12.5 Å². The zero-order chi connectivity index (χ0) is 15.5. The van der Waals surface area contributed by atoms with Gasteiger partial charge in [-0.2, -0.15) is 0 Å². The molecule has 0 N–H and O–H groups in total. The molecule has 0 aliphatic heterocycles. The van der Waals surface area contributed by atoms with Crippen LogP contribution in [-0.4, -0.2) is 32.8 Å². The first-order chi connectivity index (χ1) is 9.18. The van der Waals surface area contributed by atoms with E-state index in [-0.39, 0.29) is 0 Å². The average Bonchev–Trinajstić information content (AvgIpc) is 2.33. The lowest BCUT2D eigenvalue weighted by Crippen LogP contribution is -2.28. The van der Waals surface area contributed by atoms with Gasteiger partial charge < -0.3 is 4.90 Å². The zero-order valence-electron chi connectivity index (χ0n) is 11.0. The largest absolute Gasteiger partial charge is 0.342 e. The highest BCUT2D eigenvalue weighted by molar-refractivity contribution is 8.13. The second kappa shape index (κ2) is 6.49. The molecule has 1 aromatic carbocycles. The van der Waals surface area contributed by atoms with Crippen molar-refractivity contribution in [1.29, 1.82) is 0 Å². The molecule has 0 bridgehead atoms. The minimum atomic E-state index is -4.39. The van der Waals surface area contributed by atoms with Crippen molar-refractivity contribution in [3.05, 3.63) is 29.3 Å². The number of halogens is 3. The Morgan fingerprint density at radius 3 is 2.40 bits per heavy atom. The minimum Gasteiger partial charge on any atom is -0.342 e. The van der Waals surface area contributed by atoms with E-state index in [1.807, 2.05) is 6.92 Å². The van der Waals surface area contributed by atoms with Gasteiger partial charge in [0.05, 0.1) is 5.56 Å². The summed E-state index contributed by atoms with van der Waals surface area (Å²) in [7, 11) is 2.11. The summed E-state index contributed by atoms with van der Waals surface area (Å²) in [6.07, 6.45) is 1.55. The normalized spacial score (nSPS) is 11.4. The molecule has 0 aromatic heterocycles. The molecule has 1 aromatic rings. The maximum atomic E-state index is 13.6. The van der Waals surface area contributed by atoms with Crippen molar-refractivity contribution < 1.29 is 22.0 Å². The Balaban J connectivity index is 3.22. The summed E-state index contributed by atoms with van der Waals surface area (Å²) < 4.78 is 49.3. The average molecular weight is 326 g/mol. The Kier molecular flexibility index (Phi) is 5.47. The molecule has 8 heteroatoms. The number of carbonyl (C=O) groups excluding carboxylic acids is 1. The van der Waals surface area contributed by atoms with E-state index in [9.17, 15) is 22.0 Å². The quantitative estimate of drug-likeness (QED) is 0.782. The molecule has 20 heavy (non-hydrogen) atoms. The van der Waals surface area contributed by atoms with Gasteiger partial charge in [-0.1, -0.05) is 13.3 Å². The van der Waals surface area contributed by atoms with Crippen LogP contribution < -0.4 is 0 Å². The highest BCUT2D eigenvalue weighted by Gasteiger charge is 2.24. The van der Waals surface area contributed by atoms with E-state index < -0.39 is 37.1 Å². The summed E-state index contributed by atoms with van der Waals surface area (Å²) in [6, 6.07) is 0.966. The smallest absolute Gasteiger partial charge is 0.264 e. The Morgan fingerprint density at radius 1 is 1.30 bits per heavy atom. The lowest BCUT2D eigenvalue weighted by molar-refractivity contribution is 0.0788. The summed E-state index contributed by atoms with van der Waals surface area (Å²) in [5.41, 5.74) is -0.524. The molecule has 0 unspecified atom stereocenters. The van der Waals surface area contributed by atoms with Gasteiger partial charge >= 0.3 is 0 Å². The van der Waals surface area contributed by atoms with E-state index in [1.165, 1.54) is 11.9 Å². The Morgan fingerprint density at radius 2 is 1.90 bits per heavy atom. The van der Waals surface area contributed by atoms with E-state index >= 15 is 0 Å². The van der Waals surface area contributed by atoms with Gasteiger partial charge in [-0.15, -0.1) is 0 Å². The maximum absolute atomic E-state index is 13.6. The second-order valence-electron chi connectivity index (χ2n) is 4.28. The number of carbonyl (C=O) groups is 1. The Hall–Kier alpha value is -1.21. The van der Waals surface area contributed by atoms with Crippen LogP contribution in [0.15, 0.2) is 17.0 Å². The third-order valence-corrected chi connectivity index (χ3v) is 4.05. The van der Waals surface area contributed by atoms with Crippen LogP contribution in [0.4, 0.5) is 8.78 Å². The predicted molar refractivity (Wildman–Crippen MR) is 71.3 cm³/mol. The molecule has 0 atom stereocenters. The second-order valence-corrected chi connectivity index (χ2v) is 6.81. The van der Waals surface area contributed by atoms with Crippen molar-refractivity contribution in [2.24, 2.45) is 0 Å². The van der Waals surface area contributed by atoms with Gasteiger partial charge in [0.2, 0.25) is 0 Å². The topological polar surface area (TPSA) is 54.5 Å². The van der Waals surface area contributed by atoms with Crippen molar-refractivity contribution in [1.82, 2.24) is 4.90 Å². The van der Waals surface area contributed by atoms with Crippen molar-refractivity contribution in [2.75, 3.05) is 13.6 Å². The van der Waals surface area contributed by atoms with Crippen LogP contribution in [0, 0.1) is 11.6 Å². The fourth-order valence-corrected chi connectivity index (χ4v) is 2.49. The van der Waals surface area contributed by atoms with Crippen LogP contribution >= 0.6 is 10.7 Å². The lowest BCUT2D eigenvalue weighted by Gasteiger charge is -2.17. The molecular weight excluding hydrogens is 312 g/mol. The number of amides is 1. The molecule has 0 radical (unpaired) electrons.